The zero-order chi connectivity index (χ0) is 11.3. The predicted molar refractivity (Wildman–Crippen MR) is 57.6 cm³/mol. The van der Waals surface area contributed by atoms with Crippen molar-refractivity contribution in [1.29, 1.82) is 0 Å². The molecule has 15 heavy (non-hydrogen) atoms. The van der Waals surface area contributed by atoms with E-state index in [0.29, 0.717) is 6.54 Å². The van der Waals surface area contributed by atoms with Gasteiger partial charge in [0.05, 0.1) is 4.92 Å². The van der Waals surface area contributed by atoms with E-state index in [1.165, 1.54) is 18.3 Å². The highest BCUT2D eigenvalue weighted by atomic mass is 16.6. The molecule has 0 bridgehead atoms. The first-order valence-electron chi connectivity index (χ1n) is 4.75. The normalized spacial score (nSPS) is 12.1. The molecule has 3 N–H and O–H groups in total. The molecule has 0 spiro atoms. The van der Waals surface area contributed by atoms with Crippen molar-refractivity contribution in [3.63, 3.8) is 0 Å². The van der Waals surface area contributed by atoms with Crippen molar-refractivity contribution in [3.8, 4) is 0 Å². The monoisotopic (exact) mass is 210 g/mol. The van der Waals surface area contributed by atoms with Gasteiger partial charge in [0.1, 0.15) is 0 Å². The van der Waals surface area contributed by atoms with Crippen molar-refractivity contribution in [2.75, 3.05) is 11.9 Å². The van der Waals surface area contributed by atoms with Crippen LogP contribution in [-0.2, 0) is 0 Å². The fraction of sp³-hybridized carbons (Fsp3) is 0.444. The van der Waals surface area contributed by atoms with Crippen molar-refractivity contribution in [2.24, 2.45) is 5.73 Å². The second-order valence-corrected chi connectivity index (χ2v) is 3.11. The highest BCUT2D eigenvalue weighted by Gasteiger charge is 2.15. The van der Waals surface area contributed by atoms with E-state index < -0.39 is 4.92 Å². The molecule has 0 saturated heterocycles. The Morgan fingerprint density at radius 1 is 1.73 bits per heavy atom. The third-order valence-corrected chi connectivity index (χ3v) is 2.10. The van der Waals surface area contributed by atoms with E-state index in [0.717, 1.165) is 6.42 Å². The lowest BCUT2D eigenvalue weighted by molar-refractivity contribution is -0.384. The molecule has 0 radical (unpaired) electrons. The Morgan fingerprint density at radius 2 is 2.47 bits per heavy atom. The van der Waals surface area contributed by atoms with E-state index in [9.17, 15) is 10.1 Å². The average molecular weight is 210 g/mol. The van der Waals surface area contributed by atoms with Gasteiger partial charge in [0.2, 0.25) is 5.82 Å². The Balaban J connectivity index is 2.88. The third-order valence-electron chi connectivity index (χ3n) is 2.10. The second kappa shape index (κ2) is 5.26. The minimum atomic E-state index is -0.460. The van der Waals surface area contributed by atoms with E-state index in [1.54, 1.807) is 0 Å². The van der Waals surface area contributed by atoms with Gasteiger partial charge in [0, 0.05) is 24.8 Å². The number of hydrogen-bond acceptors (Lipinski definition) is 5. The number of nitro groups is 1. The number of rotatable bonds is 5. The summed E-state index contributed by atoms with van der Waals surface area (Å²) in [5.74, 6) is 0.278. The van der Waals surface area contributed by atoms with E-state index in [2.05, 4.69) is 10.3 Å². The van der Waals surface area contributed by atoms with Crippen molar-refractivity contribution >= 4 is 11.5 Å². The number of pyridine rings is 1. The zero-order valence-corrected chi connectivity index (χ0v) is 8.51. The lowest BCUT2D eigenvalue weighted by Gasteiger charge is -2.14. The fourth-order valence-electron chi connectivity index (χ4n) is 1.18. The second-order valence-electron chi connectivity index (χ2n) is 3.11. The summed E-state index contributed by atoms with van der Waals surface area (Å²) in [6.45, 7) is 2.38. The van der Waals surface area contributed by atoms with Crippen molar-refractivity contribution in [3.05, 3.63) is 28.4 Å². The molecule has 0 aliphatic carbocycles. The fourth-order valence-corrected chi connectivity index (χ4v) is 1.18. The summed E-state index contributed by atoms with van der Waals surface area (Å²) in [5.41, 5.74) is 5.47. The van der Waals surface area contributed by atoms with Crippen LogP contribution < -0.4 is 11.1 Å². The molecule has 1 aromatic rings. The molecule has 0 fully saturated rings. The molecule has 1 heterocycles. The van der Waals surface area contributed by atoms with Gasteiger partial charge in [0.15, 0.2) is 0 Å². The highest BCUT2D eigenvalue weighted by molar-refractivity contribution is 5.55. The Kier molecular flexibility index (Phi) is 3.99. The van der Waals surface area contributed by atoms with Gasteiger partial charge in [-0.25, -0.2) is 4.98 Å². The maximum Gasteiger partial charge on any atom is 0.311 e. The number of aromatic nitrogens is 1. The smallest absolute Gasteiger partial charge is 0.311 e. The van der Waals surface area contributed by atoms with Gasteiger partial charge >= 0.3 is 5.69 Å². The Labute approximate surface area is 87.7 Å². The van der Waals surface area contributed by atoms with Gasteiger partial charge in [-0.1, -0.05) is 6.92 Å². The number of anilines is 1. The Bertz CT molecular complexity index is 339. The molecule has 6 heteroatoms. The lowest BCUT2D eigenvalue weighted by atomic mass is 10.2. The average Bonchev–Trinajstić information content (AvgIpc) is 2.26. The number of nitrogens with one attached hydrogen (secondary N) is 1. The van der Waals surface area contributed by atoms with Gasteiger partial charge in [-0.3, -0.25) is 10.1 Å². The van der Waals surface area contributed by atoms with Crippen LogP contribution in [0.25, 0.3) is 0 Å². The summed E-state index contributed by atoms with van der Waals surface area (Å²) >= 11 is 0. The third kappa shape index (κ3) is 2.88. The SMILES string of the molecule is CCC(CN)Nc1ncccc1[N+](=O)[O-]. The summed E-state index contributed by atoms with van der Waals surface area (Å²) in [6.07, 6.45) is 2.31. The first kappa shape index (κ1) is 11.4. The van der Waals surface area contributed by atoms with Crippen molar-refractivity contribution in [1.82, 2.24) is 4.98 Å². The lowest BCUT2D eigenvalue weighted by Crippen LogP contribution is -2.28. The highest BCUT2D eigenvalue weighted by Crippen LogP contribution is 2.21. The van der Waals surface area contributed by atoms with Crippen LogP contribution in [0.1, 0.15) is 13.3 Å². The van der Waals surface area contributed by atoms with E-state index in [-0.39, 0.29) is 17.5 Å². The predicted octanol–water partition coefficient (Wildman–Crippen LogP) is 1.14. The first-order valence-corrected chi connectivity index (χ1v) is 4.75. The summed E-state index contributed by atoms with van der Waals surface area (Å²) in [6, 6.07) is 2.96. The van der Waals surface area contributed by atoms with Crippen LogP contribution in [0.5, 0.6) is 0 Å². The molecule has 1 aromatic heterocycles. The first-order chi connectivity index (χ1) is 7.19. The van der Waals surface area contributed by atoms with Crippen LogP contribution in [-0.4, -0.2) is 22.5 Å². The molecular formula is C9H14N4O2. The molecule has 0 amide bonds. The van der Waals surface area contributed by atoms with Gasteiger partial charge < -0.3 is 11.1 Å². The van der Waals surface area contributed by atoms with Gasteiger partial charge in [0.25, 0.3) is 0 Å². The van der Waals surface area contributed by atoms with Crippen LogP contribution in [0.3, 0.4) is 0 Å². The molecule has 0 saturated carbocycles. The van der Waals surface area contributed by atoms with Crippen LogP contribution >= 0.6 is 0 Å². The van der Waals surface area contributed by atoms with Crippen molar-refractivity contribution in [2.45, 2.75) is 19.4 Å². The quantitative estimate of drug-likeness (QED) is 0.561. The minimum Gasteiger partial charge on any atom is -0.360 e. The molecule has 82 valence electrons. The zero-order valence-electron chi connectivity index (χ0n) is 8.51. The summed E-state index contributed by atoms with van der Waals surface area (Å²) in [7, 11) is 0. The van der Waals surface area contributed by atoms with Crippen LogP contribution in [0, 0.1) is 10.1 Å². The van der Waals surface area contributed by atoms with Gasteiger partial charge in [-0.05, 0) is 12.5 Å². The number of nitrogens with two attached hydrogens (primary N) is 1. The molecule has 0 aliphatic heterocycles. The molecule has 0 aliphatic rings. The van der Waals surface area contributed by atoms with Gasteiger partial charge in [-0.15, -0.1) is 0 Å². The maximum absolute atomic E-state index is 10.7. The molecular weight excluding hydrogens is 196 g/mol. The van der Waals surface area contributed by atoms with E-state index >= 15 is 0 Å². The maximum atomic E-state index is 10.7. The van der Waals surface area contributed by atoms with Crippen molar-refractivity contribution < 1.29 is 4.92 Å². The van der Waals surface area contributed by atoms with Gasteiger partial charge in [-0.2, -0.15) is 0 Å². The standard InChI is InChI=1S/C9H14N4O2/c1-2-7(6-10)12-9-8(13(14)15)4-3-5-11-9/h3-5,7H,2,6,10H2,1H3,(H,11,12). The largest absolute Gasteiger partial charge is 0.360 e. The van der Waals surface area contributed by atoms with Crippen LogP contribution in [0.4, 0.5) is 11.5 Å². The Morgan fingerprint density at radius 3 is 3.00 bits per heavy atom. The molecule has 1 unspecified atom stereocenters. The Hall–Kier alpha value is -1.69. The molecule has 0 aromatic carbocycles. The van der Waals surface area contributed by atoms with Crippen LogP contribution in [0.15, 0.2) is 18.3 Å². The number of hydrogen-bond donors (Lipinski definition) is 2. The van der Waals surface area contributed by atoms with E-state index in [4.69, 9.17) is 5.73 Å². The molecule has 1 atom stereocenters. The summed E-state index contributed by atoms with van der Waals surface area (Å²) in [4.78, 5) is 14.1. The van der Waals surface area contributed by atoms with E-state index in [1.807, 2.05) is 6.92 Å². The summed E-state index contributed by atoms with van der Waals surface area (Å²) < 4.78 is 0. The topological polar surface area (TPSA) is 94.1 Å². The molecule has 6 nitrogen and oxygen atoms in total. The number of nitrogens with zero attached hydrogens (tertiary/aromatic N) is 2. The minimum absolute atomic E-state index is 0.0126. The molecule has 1 rings (SSSR count). The summed E-state index contributed by atoms with van der Waals surface area (Å²) in [5, 5.41) is 13.6. The van der Waals surface area contributed by atoms with Crippen LogP contribution in [0.2, 0.25) is 0 Å².